The molecule has 0 bridgehead atoms. The molecule has 1 saturated heterocycles. The highest BCUT2D eigenvalue weighted by Crippen LogP contribution is 2.39. The number of para-hydroxylation sites is 2. The Bertz CT molecular complexity index is 950. The van der Waals surface area contributed by atoms with Gasteiger partial charge in [-0.2, -0.15) is 0 Å². The summed E-state index contributed by atoms with van der Waals surface area (Å²) >= 11 is 1.52. The van der Waals surface area contributed by atoms with Crippen LogP contribution < -0.4 is 15.0 Å². The topological polar surface area (TPSA) is 71.1 Å². The van der Waals surface area contributed by atoms with Crippen LogP contribution in [0.5, 0.6) is 5.75 Å². The number of amides is 1. The molecule has 1 aliphatic heterocycles. The number of rotatable bonds is 7. The molecule has 1 aromatic heterocycles. The van der Waals surface area contributed by atoms with Crippen molar-refractivity contribution < 1.29 is 19.1 Å². The SMILES string of the molecule is CCOC(=O)c1c(NC(=O)CN2CCN(c3ccccc3OC)CC2)sc2c1CCC2. The third-order valence-corrected chi connectivity index (χ3v) is 7.03. The summed E-state index contributed by atoms with van der Waals surface area (Å²) in [5.74, 6) is 0.449. The van der Waals surface area contributed by atoms with Gasteiger partial charge in [-0.25, -0.2) is 4.79 Å². The van der Waals surface area contributed by atoms with Gasteiger partial charge < -0.3 is 19.7 Å². The van der Waals surface area contributed by atoms with Gasteiger partial charge in [0.2, 0.25) is 5.91 Å². The molecular formula is C23H29N3O4S. The average molecular weight is 444 g/mol. The standard InChI is InChI=1S/C23H29N3O4S/c1-3-30-23(28)21-16-7-6-10-19(16)31-22(21)24-20(27)15-25-11-13-26(14-12-25)17-8-4-5-9-18(17)29-2/h4-5,8-9H,3,6-7,10-15H2,1-2H3,(H,24,27). The molecule has 1 aromatic carbocycles. The zero-order valence-electron chi connectivity index (χ0n) is 18.1. The van der Waals surface area contributed by atoms with E-state index < -0.39 is 0 Å². The van der Waals surface area contributed by atoms with Crippen molar-refractivity contribution in [3.8, 4) is 5.75 Å². The summed E-state index contributed by atoms with van der Waals surface area (Å²) in [5, 5.41) is 3.63. The van der Waals surface area contributed by atoms with Gasteiger partial charge in [0.1, 0.15) is 10.8 Å². The van der Waals surface area contributed by atoms with Crippen LogP contribution in [0, 0.1) is 0 Å². The van der Waals surface area contributed by atoms with Crippen molar-refractivity contribution in [3.05, 3.63) is 40.3 Å². The molecule has 1 N–H and O–H groups in total. The first kappa shape index (κ1) is 21.6. The minimum atomic E-state index is -0.331. The molecule has 2 aliphatic rings. The van der Waals surface area contributed by atoms with E-state index in [9.17, 15) is 9.59 Å². The number of benzene rings is 1. The number of fused-ring (bicyclic) bond motifs is 1. The summed E-state index contributed by atoms with van der Waals surface area (Å²) < 4.78 is 10.7. The molecule has 8 heteroatoms. The van der Waals surface area contributed by atoms with Crippen molar-refractivity contribution in [1.82, 2.24) is 4.90 Å². The summed E-state index contributed by atoms with van der Waals surface area (Å²) in [6, 6.07) is 8.01. The number of methoxy groups -OCH3 is 1. The van der Waals surface area contributed by atoms with Gasteiger partial charge in [-0.05, 0) is 43.9 Å². The van der Waals surface area contributed by atoms with E-state index in [1.165, 1.54) is 16.2 Å². The normalized spacial score (nSPS) is 16.1. The summed E-state index contributed by atoms with van der Waals surface area (Å²) in [5.41, 5.74) is 2.71. The molecule has 1 fully saturated rings. The number of nitrogens with zero attached hydrogens (tertiary/aromatic N) is 2. The van der Waals surface area contributed by atoms with Gasteiger partial charge in [-0.15, -0.1) is 11.3 Å². The molecule has 0 atom stereocenters. The van der Waals surface area contributed by atoms with Crippen molar-refractivity contribution in [2.75, 3.05) is 56.7 Å². The number of carbonyl (C=O) groups is 2. The van der Waals surface area contributed by atoms with Gasteiger partial charge in [0.05, 0.1) is 31.5 Å². The number of ether oxygens (including phenoxy) is 2. The van der Waals surface area contributed by atoms with Crippen LogP contribution in [0.3, 0.4) is 0 Å². The first-order chi connectivity index (χ1) is 15.1. The van der Waals surface area contributed by atoms with Crippen LogP contribution in [-0.4, -0.2) is 63.2 Å². The molecule has 31 heavy (non-hydrogen) atoms. The molecule has 4 rings (SSSR count). The zero-order valence-corrected chi connectivity index (χ0v) is 18.9. The molecule has 1 aliphatic carbocycles. The van der Waals surface area contributed by atoms with E-state index in [4.69, 9.17) is 9.47 Å². The molecule has 0 spiro atoms. The van der Waals surface area contributed by atoms with E-state index in [0.717, 1.165) is 62.4 Å². The lowest BCUT2D eigenvalue weighted by Crippen LogP contribution is -2.48. The Balaban J connectivity index is 1.36. The van der Waals surface area contributed by atoms with Crippen molar-refractivity contribution in [2.45, 2.75) is 26.2 Å². The van der Waals surface area contributed by atoms with Gasteiger partial charge in [-0.1, -0.05) is 12.1 Å². The Morgan fingerprint density at radius 2 is 1.90 bits per heavy atom. The summed E-state index contributed by atoms with van der Waals surface area (Å²) in [6.07, 6.45) is 2.90. The second-order valence-electron chi connectivity index (χ2n) is 7.77. The monoisotopic (exact) mass is 443 g/mol. The van der Waals surface area contributed by atoms with Crippen molar-refractivity contribution >= 4 is 33.9 Å². The molecule has 166 valence electrons. The highest BCUT2D eigenvalue weighted by atomic mass is 32.1. The van der Waals surface area contributed by atoms with Crippen LogP contribution in [0.1, 0.15) is 34.1 Å². The van der Waals surface area contributed by atoms with Crippen LogP contribution in [0.25, 0.3) is 0 Å². The van der Waals surface area contributed by atoms with Crippen LogP contribution in [0.4, 0.5) is 10.7 Å². The second kappa shape index (κ2) is 9.70. The molecule has 0 radical (unpaired) electrons. The van der Waals surface area contributed by atoms with Crippen molar-refractivity contribution in [1.29, 1.82) is 0 Å². The van der Waals surface area contributed by atoms with Gasteiger partial charge in [0, 0.05) is 31.1 Å². The Hall–Kier alpha value is -2.58. The number of nitrogens with one attached hydrogen (secondary N) is 1. The lowest BCUT2D eigenvalue weighted by atomic mass is 10.1. The van der Waals surface area contributed by atoms with Gasteiger partial charge in [0.25, 0.3) is 0 Å². The van der Waals surface area contributed by atoms with Crippen LogP contribution in [0.15, 0.2) is 24.3 Å². The number of piperazine rings is 1. The van der Waals surface area contributed by atoms with Crippen LogP contribution in [0.2, 0.25) is 0 Å². The number of esters is 1. The number of anilines is 2. The quantitative estimate of drug-likeness (QED) is 0.663. The Morgan fingerprint density at radius 1 is 1.13 bits per heavy atom. The number of hydrogen-bond acceptors (Lipinski definition) is 7. The zero-order chi connectivity index (χ0) is 21.8. The fourth-order valence-corrected chi connectivity index (χ4v) is 5.61. The molecular weight excluding hydrogens is 414 g/mol. The van der Waals surface area contributed by atoms with E-state index >= 15 is 0 Å². The van der Waals surface area contributed by atoms with E-state index in [2.05, 4.69) is 21.2 Å². The largest absolute Gasteiger partial charge is 0.495 e. The van der Waals surface area contributed by atoms with Crippen LogP contribution in [-0.2, 0) is 22.4 Å². The fourth-order valence-electron chi connectivity index (χ4n) is 4.32. The Labute approximate surface area is 186 Å². The first-order valence-electron chi connectivity index (χ1n) is 10.8. The van der Waals surface area contributed by atoms with E-state index in [1.807, 2.05) is 18.2 Å². The van der Waals surface area contributed by atoms with E-state index in [1.54, 1.807) is 14.0 Å². The molecule has 7 nitrogen and oxygen atoms in total. The average Bonchev–Trinajstić information content (AvgIpc) is 3.35. The predicted molar refractivity (Wildman–Crippen MR) is 123 cm³/mol. The first-order valence-corrected chi connectivity index (χ1v) is 11.6. The maximum atomic E-state index is 12.8. The molecule has 0 unspecified atom stereocenters. The van der Waals surface area contributed by atoms with E-state index in [-0.39, 0.29) is 11.9 Å². The summed E-state index contributed by atoms with van der Waals surface area (Å²) in [6.45, 7) is 5.67. The van der Waals surface area contributed by atoms with Crippen LogP contribution >= 0.6 is 11.3 Å². The molecule has 1 amide bonds. The second-order valence-corrected chi connectivity index (χ2v) is 8.87. The summed E-state index contributed by atoms with van der Waals surface area (Å²) in [7, 11) is 1.68. The smallest absolute Gasteiger partial charge is 0.341 e. The lowest BCUT2D eigenvalue weighted by Gasteiger charge is -2.36. The maximum Gasteiger partial charge on any atom is 0.341 e. The Morgan fingerprint density at radius 3 is 2.65 bits per heavy atom. The summed E-state index contributed by atoms with van der Waals surface area (Å²) in [4.78, 5) is 30.9. The van der Waals surface area contributed by atoms with E-state index in [0.29, 0.717) is 23.7 Å². The maximum absolute atomic E-state index is 12.8. The van der Waals surface area contributed by atoms with Crippen molar-refractivity contribution in [2.24, 2.45) is 0 Å². The van der Waals surface area contributed by atoms with Gasteiger partial charge >= 0.3 is 5.97 Å². The predicted octanol–water partition coefficient (Wildman–Crippen LogP) is 3.18. The minimum Gasteiger partial charge on any atom is -0.495 e. The fraction of sp³-hybridized carbons (Fsp3) is 0.478. The highest BCUT2D eigenvalue weighted by Gasteiger charge is 2.29. The third kappa shape index (κ3) is 4.70. The number of thiophene rings is 1. The number of aryl methyl sites for hydroxylation is 1. The number of hydrogen-bond donors (Lipinski definition) is 1. The molecule has 2 heterocycles. The number of carbonyl (C=O) groups excluding carboxylic acids is 2. The molecule has 0 saturated carbocycles. The van der Waals surface area contributed by atoms with Gasteiger partial charge in [-0.3, -0.25) is 9.69 Å². The van der Waals surface area contributed by atoms with Crippen molar-refractivity contribution in [3.63, 3.8) is 0 Å². The highest BCUT2D eigenvalue weighted by molar-refractivity contribution is 7.17. The lowest BCUT2D eigenvalue weighted by molar-refractivity contribution is -0.117. The third-order valence-electron chi connectivity index (χ3n) is 5.82. The Kier molecular flexibility index (Phi) is 6.77. The molecule has 2 aromatic rings. The minimum absolute atomic E-state index is 0.0868. The van der Waals surface area contributed by atoms with Gasteiger partial charge in [0.15, 0.2) is 0 Å².